The summed E-state index contributed by atoms with van der Waals surface area (Å²) in [5.41, 5.74) is 2.01. The van der Waals surface area contributed by atoms with Crippen molar-refractivity contribution >= 4 is 11.0 Å². The van der Waals surface area contributed by atoms with Gasteiger partial charge in [-0.15, -0.1) is 0 Å². The Morgan fingerprint density at radius 1 is 1.39 bits per heavy atom. The third kappa shape index (κ3) is 1.78. The van der Waals surface area contributed by atoms with Gasteiger partial charge in [0.1, 0.15) is 17.8 Å². The summed E-state index contributed by atoms with van der Waals surface area (Å²) in [5.74, 6) is 1.42. The van der Waals surface area contributed by atoms with Crippen LogP contribution < -0.4 is 0 Å². The average Bonchev–Trinajstić information content (AvgIpc) is 3.00. The quantitative estimate of drug-likeness (QED) is 0.732. The predicted molar refractivity (Wildman–Crippen MR) is 68.0 cm³/mol. The second kappa shape index (κ2) is 4.27. The van der Waals surface area contributed by atoms with E-state index in [1.807, 2.05) is 35.9 Å². The van der Waals surface area contributed by atoms with Crippen LogP contribution in [0.25, 0.3) is 11.0 Å². The molecule has 0 saturated heterocycles. The van der Waals surface area contributed by atoms with Crippen LogP contribution in [0.3, 0.4) is 0 Å². The first kappa shape index (κ1) is 11.0. The second-order valence-corrected chi connectivity index (χ2v) is 4.27. The summed E-state index contributed by atoms with van der Waals surface area (Å²) >= 11 is 0. The summed E-state index contributed by atoms with van der Waals surface area (Å²) in [4.78, 5) is 11.5. The fraction of sp³-hybridized carbons (Fsp3) is 0.231. The minimum Gasteiger partial charge on any atom is -0.385 e. The van der Waals surface area contributed by atoms with Gasteiger partial charge >= 0.3 is 0 Å². The van der Waals surface area contributed by atoms with Gasteiger partial charge in [-0.25, -0.2) is 9.97 Å². The van der Waals surface area contributed by atoms with E-state index in [9.17, 15) is 5.11 Å². The molecule has 2 heterocycles. The fourth-order valence-corrected chi connectivity index (χ4v) is 2.11. The number of para-hydroxylation sites is 2. The summed E-state index contributed by atoms with van der Waals surface area (Å²) in [7, 11) is 1.96. The Balaban J connectivity index is 1.93. The van der Waals surface area contributed by atoms with Gasteiger partial charge in [-0.2, -0.15) is 0 Å². The Morgan fingerprint density at radius 2 is 2.22 bits per heavy atom. The summed E-state index contributed by atoms with van der Waals surface area (Å²) in [5, 5.41) is 10.1. The molecule has 1 atom stereocenters. The SMILES string of the molecule is Cn1c(CC(O)c2ncc[nH]2)nc2ccccc21. The third-order valence-electron chi connectivity index (χ3n) is 3.09. The zero-order valence-electron chi connectivity index (χ0n) is 10.0. The lowest BCUT2D eigenvalue weighted by Crippen LogP contribution is -2.08. The molecule has 3 rings (SSSR count). The average molecular weight is 242 g/mol. The van der Waals surface area contributed by atoms with Gasteiger partial charge in [-0.1, -0.05) is 12.1 Å². The lowest BCUT2D eigenvalue weighted by atomic mass is 10.2. The lowest BCUT2D eigenvalue weighted by Gasteiger charge is -2.07. The molecule has 1 unspecified atom stereocenters. The number of hydrogen-bond acceptors (Lipinski definition) is 3. The second-order valence-electron chi connectivity index (χ2n) is 4.27. The molecule has 0 aliphatic rings. The first-order valence-electron chi connectivity index (χ1n) is 5.83. The van der Waals surface area contributed by atoms with Crippen LogP contribution in [0.2, 0.25) is 0 Å². The molecule has 0 aliphatic heterocycles. The van der Waals surface area contributed by atoms with Crippen molar-refractivity contribution in [3.05, 3.63) is 48.3 Å². The lowest BCUT2D eigenvalue weighted by molar-refractivity contribution is 0.166. The number of aromatic nitrogens is 4. The molecule has 0 fully saturated rings. The van der Waals surface area contributed by atoms with Crippen LogP contribution in [0.15, 0.2) is 36.7 Å². The Kier molecular flexibility index (Phi) is 2.60. The normalized spacial score (nSPS) is 13.0. The molecule has 5 heteroatoms. The van der Waals surface area contributed by atoms with Crippen LogP contribution >= 0.6 is 0 Å². The molecular formula is C13H14N4O. The molecule has 3 aromatic rings. The number of nitrogens with zero attached hydrogens (tertiary/aromatic N) is 3. The van der Waals surface area contributed by atoms with Crippen molar-refractivity contribution in [2.45, 2.75) is 12.5 Å². The van der Waals surface area contributed by atoms with Gasteiger partial charge in [-0.3, -0.25) is 0 Å². The van der Waals surface area contributed by atoms with E-state index in [1.165, 1.54) is 0 Å². The molecule has 2 aromatic heterocycles. The third-order valence-corrected chi connectivity index (χ3v) is 3.09. The molecule has 18 heavy (non-hydrogen) atoms. The monoisotopic (exact) mass is 242 g/mol. The van der Waals surface area contributed by atoms with E-state index < -0.39 is 6.10 Å². The number of aromatic amines is 1. The molecule has 0 saturated carbocycles. The van der Waals surface area contributed by atoms with Gasteiger partial charge < -0.3 is 14.7 Å². The highest BCUT2D eigenvalue weighted by Gasteiger charge is 2.15. The maximum absolute atomic E-state index is 10.1. The number of fused-ring (bicyclic) bond motifs is 1. The minimum atomic E-state index is -0.657. The van der Waals surface area contributed by atoms with E-state index in [2.05, 4.69) is 15.0 Å². The highest BCUT2D eigenvalue weighted by atomic mass is 16.3. The van der Waals surface area contributed by atoms with E-state index in [0.29, 0.717) is 12.2 Å². The number of benzene rings is 1. The van der Waals surface area contributed by atoms with E-state index in [-0.39, 0.29) is 0 Å². The zero-order valence-corrected chi connectivity index (χ0v) is 10.0. The number of aliphatic hydroxyl groups excluding tert-OH is 1. The van der Waals surface area contributed by atoms with Crippen molar-refractivity contribution in [3.63, 3.8) is 0 Å². The number of aryl methyl sites for hydroxylation is 1. The van der Waals surface area contributed by atoms with Gasteiger partial charge in [0.05, 0.1) is 11.0 Å². The minimum absolute atomic E-state index is 0.443. The van der Waals surface area contributed by atoms with E-state index in [0.717, 1.165) is 16.9 Å². The van der Waals surface area contributed by atoms with Crippen molar-refractivity contribution in [1.82, 2.24) is 19.5 Å². The largest absolute Gasteiger partial charge is 0.385 e. The van der Waals surface area contributed by atoms with Crippen molar-refractivity contribution in [1.29, 1.82) is 0 Å². The Hall–Kier alpha value is -2.14. The highest BCUT2D eigenvalue weighted by molar-refractivity contribution is 5.75. The number of nitrogens with one attached hydrogen (secondary N) is 1. The van der Waals surface area contributed by atoms with Crippen LogP contribution in [0.5, 0.6) is 0 Å². The standard InChI is InChI=1S/C13H14N4O/c1-17-10-5-3-2-4-9(10)16-12(17)8-11(18)13-14-6-7-15-13/h2-7,11,18H,8H2,1H3,(H,14,15). The predicted octanol–water partition coefficient (Wildman–Crippen LogP) is 1.57. The maximum atomic E-state index is 10.1. The molecule has 0 aliphatic carbocycles. The van der Waals surface area contributed by atoms with E-state index in [1.54, 1.807) is 12.4 Å². The number of aliphatic hydroxyl groups is 1. The highest BCUT2D eigenvalue weighted by Crippen LogP contribution is 2.19. The molecular weight excluding hydrogens is 228 g/mol. The van der Waals surface area contributed by atoms with Gasteiger partial charge in [0, 0.05) is 25.9 Å². The Labute approximate surface area is 104 Å². The molecule has 2 N–H and O–H groups in total. The molecule has 0 radical (unpaired) electrons. The molecule has 5 nitrogen and oxygen atoms in total. The smallest absolute Gasteiger partial charge is 0.135 e. The van der Waals surface area contributed by atoms with Crippen LogP contribution in [-0.2, 0) is 13.5 Å². The Morgan fingerprint density at radius 3 is 2.94 bits per heavy atom. The summed E-state index contributed by atoms with van der Waals surface area (Å²) in [6.45, 7) is 0. The fourth-order valence-electron chi connectivity index (χ4n) is 2.11. The van der Waals surface area contributed by atoms with E-state index in [4.69, 9.17) is 0 Å². The summed E-state index contributed by atoms with van der Waals surface area (Å²) < 4.78 is 2.00. The number of hydrogen-bond donors (Lipinski definition) is 2. The molecule has 0 amide bonds. The number of rotatable bonds is 3. The topological polar surface area (TPSA) is 66.7 Å². The van der Waals surface area contributed by atoms with Crippen LogP contribution in [-0.4, -0.2) is 24.6 Å². The van der Waals surface area contributed by atoms with Crippen molar-refractivity contribution < 1.29 is 5.11 Å². The number of H-pyrrole nitrogens is 1. The van der Waals surface area contributed by atoms with Gasteiger partial charge in [0.2, 0.25) is 0 Å². The zero-order chi connectivity index (χ0) is 12.5. The van der Waals surface area contributed by atoms with Gasteiger partial charge in [-0.05, 0) is 12.1 Å². The summed E-state index contributed by atoms with van der Waals surface area (Å²) in [6, 6.07) is 7.93. The Bertz CT molecular complexity index is 657. The van der Waals surface area contributed by atoms with Gasteiger partial charge in [0.15, 0.2) is 0 Å². The molecule has 92 valence electrons. The molecule has 0 bridgehead atoms. The first-order chi connectivity index (χ1) is 8.75. The van der Waals surface area contributed by atoms with Crippen LogP contribution in [0.4, 0.5) is 0 Å². The van der Waals surface area contributed by atoms with Crippen LogP contribution in [0, 0.1) is 0 Å². The molecule has 0 spiro atoms. The van der Waals surface area contributed by atoms with Crippen molar-refractivity contribution in [2.24, 2.45) is 7.05 Å². The van der Waals surface area contributed by atoms with Gasteiger partial charge in [0.25, 0.3) is 0 Å². The van der Waals surface area contributed by atoms with Crippen molar-refractivity contribution in [2.75, 3.05) is 0 Å². The first-order valence-corrected chi connectivity index (χ1v) is 5.83. The maximum Gasteiger partial charge on any atom is 0.135 e. The summed E-state index contributed by atoms with van der Waals surface area (Å²) in [6.07, 6.45) is 3.12. The van der Waals surface area contributed by atoms with E-state index >= 15 is 0 Å². The van der Waals surface area contributed by atoms with Crippen molar-refractivity contribution in [3.8, 4) is 0 Å². The number of imidazole rings is 2. The molecule has 1 aromatic carbocycles. The van der Waals surface area contributed by atoms with Crippen LogP contribution in [0.1, 0.15) is 17.8 Å².